The van der Waals surface area contributed by atoms with Crippen molar-refractivity contribution in [3.8, 4) is 9.75 Å². The van der Waals surface area contributed by atoms with E-state index in [4.69, 9.17) is 9.97 Å². The molecule has 0 amide bonds. The Hall–Kier alpha value is -4.85. The van der Waals surface area contributed by atoms with Crippen LogP contribution in [-0.4, -0.2) is 26.2 Å². The summed E-state index contributed by atoms with van der Waals surface area (Å²) in [5, 5.41) is 0. The van der Waals surface area contributed by atoms with Gasteiger partial charge in [0.2, 0.25) is 0 Å². The number of carbonyl (C=O) groups excluding carboxylic acids is 1. The predicted molar refractivity (Wildman–Crippen MR) is 300 cm³/mol. The highest BCUT2D eigenvalue weighted by atomic mass is 32.1. The number of hydrogen-bond donors (Lipinski definition) is 2. The number of allylic oxidation sites excluding steroid dienone is 6. The van der Waals surface area contributed by atoms with Gasteiger partial charge in [0, 0.05) is 36.7 Å². The monoisotopic (exact) mass is 947 g/mol. The third-order valence-corrected chi connectivity index (χ3v) is 16.8. The van der Waals surface area contributed by atoms with Crippen molar-refractivity contribution in [3.63, 3.8) is 0 Å². The molecule has 2 N–H and O–H groups in total. The lowest BCUT2D eigenvalue weighted by molar-refractivity contribution is 0.112. The average Bonchev–Trinajstić information content (AvgIpc) is 4.21. The second-order valence-electron chi connectivity index (χ2n) is 18.6. The minimum absolute atomic E-state index is 0.837. The fourth-order valence-electron chi connectivity index (χ4n) is 11.0. The smallest absolute Gasteiger partial charge is 0.160 e. The summed E-state index contributed by atoms with van der Waals surface area (Å²) in [6, 6.07) is 11.6. The van der Waals surface area contributed by atoms with Crippen molar-refractivity contribution in [2.24, 2.45) is 0 Å². The molecule has 7 heteroatoms. The fourth-order valence-corrected chi connectivity index (χ4v) is 13.3. The standard InChI is InChI=1S/C61H78N4OS2/c1-11-21-23-25-29-39-33-41(67-60(39)61-40(30-26-24-22-12-2)34-42(38-66)68-61)31-27-28-32-51-58-49(19-9)47(17-7)56(64-58)36-54-45(15-5)43(13-3)52(62-54)35-53-44(14-4)46(16-6)55(63-53)37-57-48(18-8)50(20-10)59(51)65-57/h27-28,31-38,62,65H,11-26,29-30H2,1-10H3/b31-27+,32-28+,52-35?,53-35?,54-36?,55-37?,56-36?,57-37?,58-51?,59-51?. The molecule has 360 valence electrons. The molecule has 0 saturated carbocycles. The van der Waals surface area contributed by atoms with Gasteiger partial charge in [0.25, 0.3) is 0 Å². The number of aryl methyl sites for hydroxylation is 6. The number of rotatable bonds is 23. The van der Waals surface area contributed by atoms with Gasteiger partial charge in [-0.2, -0.15) is 0 Å². The summed E-state index contributed by atoms with van der Waals surface area (Å²) >= 11 is 3.57. The molecule has 8 bridgehead atoms. The molecule has 5 nitrogen and oxygen atoms in total. The number of aromatic amines is 2. The first-order chi connectivity index (χ1) is 33.2. The number of aromatic nitrogens is 4. The van der Waals surface area contributed by atoms with E-state index in [9.17, 15) is 4.79 Å². The third kappa shape index (κ3) is 10.6. The summed E-state index contributed by atoms with van der Waals surface area (Å²) in [5.74, 6) is 0. The summed E-state index contributed by atoms with van der Waals surface area (Å²) in [6.45, 7) is 22.8. The van der Waals surface area contributed by atoms with Crippen LogP contribution >= 0.6 is 22.7 Å². The molecule has 0 saturated heterocycles. The number of nitrogens with zero attached hydrogens (tertiary/aromatic N) is 2. The Kier molecular flexibility index (Phi) is 18.1. The lowest BCUT2D eigenvalue weighted by Gasteiger charge is -2.07. The third-order valence-electron chi connectivity index (χ3n) is 14.4. The van der Waals surface area contributed by atoms with Gasteiger partial charge in [-0.25, -0.2) is 9.97 Å². The van der Waals surface area contributed by atoms with E-state index in [2.05, 4.69) is 134 Å². The van der Waals surface area contributed by atoms with Crippen molar-refractivity contribution in [2.45, 2.75) is 185 Å². The average molecular weight is 947 g/mol. The highest BCUT2D eigenvalue weighted by molar-refractivity contribution is 7.23. The summed E-state index contributed by atoms with van der Waals surface area (Å²) in [5.41, 5.74) is 23.6. The van der Waals surface area contributed by atoms with E-state index in [1.807, 2.05) is 11.3 Å². The van der Waals surface area contributed by atoms with Crippen LogP contribution in [-0.2, 0) is 38.5 Å². The first-order valence-corrected chi connectivity index (χ1v) is 28.2. The van der Waals surface area contributed by atoms with E-state index in [-0.39, 0.29) is 0 Å². The molecule has 5 aromatic rings. The number of carbonyl (C=O) groups is 1. The Balaban J connectivity index is 1.45. The van der Waals surface area contributed by atoms with Gasteiger partial charge < -0.3 is 9.97 Å². The van der Waals surface area contributed by atoms with E-state index >= 15 is 0 Å². The maximum Gasteiger partial charge on any atom is 0.160 e. The number of thiophene rings is 2. The number of nitrogens with one attached hydrogen (secondary N) is 2. The largest absolute Gasteiger partial charge is 0.355 e. The van der Waals surface area contributed by atoms with Crippen LogP contribution in [0.25, 0.3) is 66.3 Å². The quantitative estimate of drug-likeness (QED) is 0.0389. The van der Waals surface area contributed by atoms with Crippen LogP contribution in [0.2, 0.25) is 0 Å². The van der Waals surface area contributed by atoms with Gasteiger partial charge in [-0.3, -0.25) is 4.79 Å². The van der Waals surface area contributed by atoms with Crippen LogP contribution in [0.1, 0.15) is 223 Å². The van der Waals surface area contributed by atoms with Gasteiger partial charge in [0.1, 0.15) is 0 Å². The fraction of sp³-hybridized carbons (Fsp3) is 0.459. The van der Waals surface area contributed by atoms with E-state index in [0.29, 0.717) is 0 Å². The number of hydrogen-bond acceptors (Lipinski definition) is 5. The maximum atomic E-state index is 12.1. The Morgan fingerprint density at radius 3 is 1.43 bits per heavy atom. The molecule has 0 spiro atoms. The predicted octanol–water partition coefficient (Wildman–Crippen LogP) is 18.6. The zero-order valence-corrected chi connectivity index (χ0v) is 44.8. The Morgan fingerprint density at radius 2 is 0.926 bits per heavy atom. The summed E-state index contributed by atoms with van der Waals surface area (Å²) in [4.78, 5) is 36.0. The molecule has 0 atom stereocenters. The van der Waals surface area contributed by atoms with E-state index in [1.54, 1.807) is 11.3 Å². The van der Waals surface area contributed by atoms with E-state index in [0.717, 1.165) is 127 Å². The van der Waals surface area contributed by atoms with Crippen LogP contribution in [0, 0.1) is 0 Å². The second kappa shape index (κ2) is 24.1. The number of unbranched alkanes of at least 4 members (excludes halogenated alkanes) is 6. The van der Waals surface area contributed by atoms with Crippen molar-refractivity contribution in [1.82, 2.24) is 19.9 Å². The van der Waals surface area contributed by atoms with Crippen LogP contribution in [0.3, 0.4) is 0 Å². The molecule has 0 radical (unpaired) electrons. The molecule has 7 rings (SSSR count). The first kappa shape index (κ1) is 51.0. The van der Waals surface area contributed by atoms with Crippen LogP contribution < -0.4 is 0 Å². The van der Waals surface area contributed by atoms with E-state index in [1.165, 1.54) is 121 Å². The number of fused-ring (bicyclic) bond motifs is 8. The first-order valence-electron chi connectivity index (χ1n) is 26.6. The Morgan fingerprint density at radius 1 is 0.471 bits per heavy atom. The molecular formula is C61H78N4OS2. The summed E-state index contributed by atoms with van der Waals surface area (Å²) in [7, 11) is 0. The highest BCUT2D eigenvalue weighted by Crippen LogP contribution is 2.43. The van der Waals surface area contributed by atoms with Crippen LogP contribution in [0.5, 0.6) is 0 Å². The van der Waals surface area contributed by atoms with Crippen molar-refractivity contribution in [2.75, 3.05) is 0 Å². The second-order valence-corrected chi connectivity index (χ2v) is 20.7. The minimum atomic E-state index is 0.837. The zero-order valence-electron chi connectivity index (χ0n) is 43.1. The topological polar surface area (TPSA) is 74.4 Å². The molecule has 0 fully saturated rings. The zero-order chi connectivity index (χ0) is 48.3. The van der Waals surface area contributed by atoms with Gasteiger partial charge in [-0.05, 0) is 169 Å². The number of aldehydes is 1. The molecule has 0 aromatic carbocycles. The van der Waals surface area contributed by atoms with Gasteiger partial charge in [-0.1, -0.05) is 126 Å². The molecular weight excluding hydrogens is 869 g/mol. The maximum absolute atomic E-state index is 12.1. The lowest BCUT2D eigenvalue weighted by atomic mass is 9.96. The van der Waals surface area contributed by atoms with Crippen molar-refractivity contribution in [3.05, 3.63) is 114 Å². The molecule has 7 heterocycles. The number of H-pyrrole nitrogens is 2. The Labute approximate surface area is 416 Å². The molecule has 0 unspecified atom stereocenters. The molecule has 2 aliphatic rings. The summed E-state index contributed by atoms with van der Waals surface area (Å²) < 4.78 is 0. The van der Waals surface area contributed by atoms with Crippen molar-refractivity contribution < 1.29 is 4.79 Å². The normalized spacial score (nSPS) is 13.1. The molecule has 2 aliphatic heterocycles. The van der Waals surface area contributed by atoms with Gasteiger partial charge in [0.05, 0.1) is 33.2 Å². The van der Waals surface area contributed by atoms with Crippen molar-refractivity contribution >= 4 is 85.5 Å². The molecule has 0 aliphatic carbocycles. The van der Waals surface area contributed by atoms with Crippen molar-refractivity contribution in [1.29, 1.82) is 0 Å². The molecule has 68 heavy (non-hydrogen) atoms. The lowest BCUT2D eigenvalue weighted by Crippen LogP contribution is -1.91. The van der Waals surface area contributed by atoms with Gasteiger partial charge >= 0.3 is 0 Å². The SMILES string of the molecule is CCCCCCc1cc(C=O)sc1-c1sc(/C=C/C=C/c2c3nc(cc4[nH]c(cc5nc(cc6[nH]c2c(CC)c6CC)C(CC)=C5CC)c(CC)c4CC)C(CC)=C3CC)cc1CCCCCC. The van der Waals surface area contributed by atoms with Gasteiger partial charge in [0.15, 0.2) is 6.29 Å². The van der Waals surface area contributed by atoms with Crippen LogP contribution in [0.15, 0.2) is 42.5 Å². The highest BCUT2D eigenvalue weighted by Gasteiger charge is 2.25. The van der Waals surface area contributed by atoms with Gasteiger partial charge in [-0.15, -0.1) is 22.7 Å². The Bertz CT molecular complexity index is 2880. The van der Waals surface area contributed by atoms with E-state index < -0.39 is 0 Å². The summed E-state index contributed by atoms with van der Waals surface area (Å²) in [6.07, 6.45) is 29.4. The molecule has 5 aromatic heterocycles. The van der Waals surface area contributed by atoms with Crippen LogP contribution in [0.4, 0.5) is 0 Å². The minimum Gasteiger partial charge on any atom is -0.355 e.